The van der Waals surface area contributed by atoms with Crippen molar-refractivity contribution in [3.05, 3.63) is 44.4 Å². The van der Waals surface area contributed by atoms with Gasteiger partial charge >= 0.3 is 0 Å². The highest BCUT2D eigenvalue weighted by Gasteiger charge is 2.61. The Morgan fingerprint density at radius 2 is 1.46 bits per heavy atom. The Kier molecular flexibility index (Phi) is 5.91. The van der Waals surface area contributed by atoms with Crippen molar-refractivity contribution in [2.24, 2.45) is 4.40 Å². The third-order valence-electron chi connectivity index (χ3n) is 3.13. The predicted molar refractivity (Wildman–Crippen MR) is 100 cm³/mol. The third kappa shape index (κ3) is 3.56. The number of ketones is 1. The summed E-state index contributed by atoms with van der Waals surface area (Å²) in [6.45, 7) is 0. The Hall–Kier alpha value is -0.610. The minimum Gasteiger partial charge on any atom is -0.290 e. The monoisotopic (exact) mass is 498 g/mol. The van der Waals surface area contributed by atoms with Crippen LogP contribution in [0.5, 0.6) is 0 Å². The number of nitro groups is 1. The van der Waals surface area contributed by atoms with Crippen LogP contribution in [0.3, 0.4) is 0 Å². The second-order valence-electron chi connectivity index (χ2n) is 4.77. The fourth-order valence-electron chi connectivity index (χ4n) is 1.78. The average molecular weight is 501 g/mol. The van der Waals surface area contributed by atoms with E-state index in [1.807, 2.05) is 0 Å². The summed E-state index contributed by atoms with van der Waals surface area (Å²) in [5.41, 5.74) is -1.11. The van der Waals surface area contributed by atoms with Gasteiger partial charge < -0.3 is 0 Å². The van der Waals surface area contributed by atoms with Crippen LogP contribution in [-0.4, -0.2) is 33.5 Å². The number of carbonyl (C=O) groups is 1. The molecule has 0 N–H and O–H groups in total. The van der Waals surface area contributed by atoms with E-state index in [9.17, 15) is 23.3 Å². The number of non-ortho nitro benzene ring substituents is 1. The standard InChI is InChI=1S/C12H4Cl6N2O5S/c13-7-8(14)10(21)12(17,18)11(15,16)9(7)19-26(24,25)6-3-1-5(2-4-6)20(22)23/h1-4H/b19-9+. The van der Waals surface area contributed by atoms with Crippen LogP contribution in [0.25, 0.3) is 0 Å². The number of sulfonamides is 1. The number of alkyl halides is 4. The molecule has 14 heteroatoms. The molecule has 0 unspecified atom stereocenters. The summed E-state index contributed by atoms with van der Waals surface area (Å²) in [5, 5.41) is 9.29. The number of hydrogen-bond donors (Lipinski definition) is 0. The number of hydrogen-bond acceptors (Lipinski definition) is 5. The van der Waals surface area contributed by atoms with E-state index in [2.05, 4.69) is 4.40 Å². The molecular weight excluding hydrogens is 497 g/mol. The molecule has 7 nitrogen and oxygen atoms in total. The van der Waals surface area contributed by atoms with E-state index in [1.165, 1.54) is 0 Å². The largest absolute Gasteiger partial charge is 0.290 e. The lowest BCUT2D eigenvalue weighted by atomic mass is 10.0. The van der Waals surface area contributed by atoms with Crippen molar-refractivity contribution in [1.82, 2.24) is 0 Å². The minimum atomic E-state index is -4.51. The second-order valence-corrected chi connectivity index (χ2v) is 9.79. The first-order valence-corrected chi connectivity index (χ1v) is 9.90. The Labute approximate surface area is 176 Å². The summed E-state index contributed by atoms with van der Waals surface area (Å²) in [4.78, 5) is 21.5. The van der Waals surface area contributed by atoms with E-state index in [0.29, 0.717) is 0 Å². The normalized spacial score (nSPS) is 21.2. The van der Waals surface area contributed by atoms with E-state index in [4.69, 9.17) is 69.6 Å². The van der Waals surface area contributed by atoms with Crippen LogP contribution in [0.15, 0.2) is 43.6 Å². The Morgan fingerprint density at radius 3 is 1.92 bits per heavy atom. The first kappa shape index (κ1) is 21.7. The highest BCUT2D eigenvalue weighted by molar-refractivity contribution is 7.90. The number of benzene rings is 1. The van der Waals surface area contributed by atoms with Gasteiger partial charge in [0.1, 0.15) is 10.7 Å². The number of nitro benzene ring substituents is 1. The molecule has 26 heavy (non-hydrogen) atoms. The van der Waals surface area contributed by atoms with E-state index in [0.717, 1.165) is 24.3 Å². The summed E-state index contributed by atoms with van der Waals surface area (Å²) < 4.78 is 23.2. The van der Waals surface area contributed by atoms with Crippen LogP contribution in [0.1, 0.15) is 0 Å². The van der Waals surface area contributed by atoms with Gasteiger partial charge in [0.2, 0.25) is 14.4 Å². The van der Waals surface area contributed by atoms with Crippen molar-refractivity contribution in [2.45, 2.75) is 13.6 Å². The van der Waals surface area contributed by atoms with Crippen molar-refractivity contribution in [3.63, 3.8) is 0 Å². The molecule has 0 amide bonds. The van der Waals surface area contributed by atoms with Crippen LogP contribution < -0.4 is 0 Å². The summed E-state index contributed by atoms with van der Waals surface area (Å²) in [6, 6.07) is 3.76. The molecule has 0 radical (unpaired) electrons. The van der Waals surface area contributed by atoms with E-state index in [1.54, 1.807) is 0 Å². The molecule has 0 aliphatic heterocycles. The summed E-state index contributed by atoms with van der Waals surface area (Å²) in [6.07, 6.45) is 0. The van der Waals surface area contributed by atoms with Gasteiger partial charge in [0.25, 0.3) is 15.7 Å². The molecule has 0 heterocycles. The molecule has 0 fully saturated rings. The second kappa shape index (κ2) is 7.09. The van der Waals surface area contributed by atoms with Gasteiger partial charge in [-0.2, -0.15) is 12.8 Å². The Balaban J connectivity index is 2.65. The maximum Gasteiger partial charge on any atom is 0.282 e. The topological polar surface area (TPSA) is 107 Å². The first-order chi connectivity index (χ1) is 11.7. The summed E-state index contributed by atoms with van der Waals surface area (Å²) in [5.74, 6) is -1.14. The minimum absolute atomic E-state index is 0.342. The van der Waals surface area contributed by atoms with Crippen molar-refractivity contribution >= 4 is 96.8 Å². The first-order valence-electron chi connectivity index (χ1n) is 6.19. The zero-order chi connectivity index (χ0) is 20.1. The van der Waals surface area contributed by atoms with Crippen molar-refractivity contribution in [3.8, 4) is 0 Å². The van der Waals surface area contributed by atoms with Crippen molar-refractivity contribution < 1.29 is 18.1 Å². The van der Waals surface area contributed by atoms with Gasteiger partial charge in [-0.05, 0) is 12.1 Å². The van der Waals surface area contributed by atoms with Crippen molar-refractivity contribution in [1.29, 1.82) is 0 Å². The molecule has 1 aromatic carbocycles. The molecule has 0 saturated heterocycles. The number of carbonyl (C=O) groups excluding carboxylic acids is 1. The van der Waals surface area contributed by atoms with Gasteiger partial charge in [-0.1, -0.05) is 69.6 Å². The highest BCUT2D eigenvalue weighted by Crippen LogP contribution is 2.52. The number of nitrogens with zero attached hydrogens (tertiary/aromatic N) is 2. The number of rotatable bonds is 3. The van der Waals surface area contributed by atoms with E-state index < -0.39 is 50.1 Å². The van der Waals surface area contributed by atoms with Crippen LogP contribution >= 0.6 is 69.6 Å². The molecule has 140 valence electrons. The Bertz CT molecular complexity index is 968. The molecule has 2 rings (SSSR count). The number of Topliss-reactive ketones (excluding diaryl/α,β-unsaturated/α-hetero) is 1. The van der Waals surface area contributed by atoms with Crippen LogP contribution in [0, 0.1) is 10.1 Å². The van der Waals surface area contributed by atoms with Gasteiger partial charge in [-0.15, -0.1) is 0 Å². The smallest absolute Gasteiger partial charge is 0.282 e. The molecule has 1 aliphatic rings. The highest BCUT2D eigenvalue weighted by atomic mass is 35.5. The lowest BCUT2D eigenvalue weighted by Gasteiger charge is -2.35. The zero-order valence-corrected chi connectivity index (χ0v) is 17.3. The predicted octanol–water partition coefficient (Wildman–Crippen LogP) is 4.34. The molecule has 0 aromatic heterocycles. The zero-order valence-electron chi connectivity index (χ0n) is 11.9. The lowest BCUT2D eigenvalue weighted by Crippen LogP contribution is -2.53. The number of halogens is 6. The van der Waals surface area contributed by atoms with Crippen LogP contribution in [-0.2, 0) is 14.8 Å². The van der Waals surface area contributed by atoms with Crippen LogP contribution in [0.2, 0.25) is 0 Å². The molecule has 0 spiro atoms. The quantitative estimate of drug-likeness (QED) is 0.348. The van der Waals surface area contributed by atoms with Crippen molar-refractivity contribution in [2.75, 3.05) is 0 Å². The summed E-state index contributed by atoms with van der Waals surface area (Å²) in [7, 11) is -4.51. The average Bonchev–Trinajstić information content (AvgIpc) is 2.56. The van der Waals surface area contributed by atoms with E-state index in [-0.39, 0.29) is 5.69 Å². The summed E-state index contributed by atoms with van der Waals surface area (Å²) >= 11 is 35.1. The molecule has 0 atom stereocenters. The van der Waals surface area contributed by atoms with Gasteiger partial charge in [0.05, 0.1) is 14.9 Å². The molecule has 0 saturated carbocycles. The maximum absolute atomic E-state index is 12.4. The lowest BCUT2D eigenvalue weighted by molar-refractivity contribution is -0.384. The molecular formula is C12H4Cl6N2O5S. The van der Waals surface area contributed by atoms with E-state index >= 15 is 0 Å². The van der Waals surface area contributed by atoms with Gasteiger partial charge in [-0.3, -0.25) is 14.9 Å². The Morgan fingerprint density at radius 1 is 0.962 bits per heavy atom. The van der Waals surface area contributed by atoms with Gasteiger partial charge in [0, 0.05) is 12.1 Å². The molecule has 1 aliphatic carbocycles. The molecule has 0 bridgehead atoms. The molecule has 1 aromatic rings. The third-order valence-corrected chi connectivity index (χ3v) is 7.47. The van der Waals surface area contributed by atoms with Gasteiger partial charge in [0.15, 0.2) is 0 Å². The fraction of sp³-hybridized carbons (Fsp3) is 0.167. The van der Waals surface area contributed by atoms with Crippen LogP contribution in [0.4, 0.5) is 5.69 Å². The number of allylic oxidation sites excluding steroid dienone is 2. The fourth-order valence-corrected chi connectivity index (χ4v) is 4.49. The SMILES string of the molecule is O=C1C(Cl)=C(Cl)/C(=N\S(=O)(=O)c2ccc([N+](=O)[O-])cc2)C(Cl)(Cl)C1(Cl)Cl. The maximum atomic E-state index is 12.4. The van der Waals surface area contributed by atoms with Gasteiger partial charge in [-0.25, -0.2) is 0 Å².